The van der Waals surface area contributed by atoms with Crippen LogP contribution in [0.15, 0.2) is 55.0 Å². The maximum Gasteiger partial charge on any atom is 0.267 e. The third-order valence-corrected chi connectivity index (χ3v) is 7.60. The smallest absolute Gasteiger partial charge is 0.267 e. The first-order valence-corrected chi connectivity index (χ1v) is 12.5. The van der Waals surface area contributed by atoms with Gasteiger partial charge in [0, 0.05) is 41.7 Å². The van der Waals surface area contributed by atoms with Crippen molar-refractivity contribution in [1.29, 1.82) is 0 Å². The number of nitrogens with zero attached hydrogens (tertiary/aromatic N) is 5. The minimum atomic E-state index is -0.195. The molecule has 0 aliphatic heterocycles. The summed E-state index contributed by atoms with van der Waals surface area (Å²) in [5, 5.41) is 9.57. The number of amides is 1. The molecular formula is C27H24N6O2S. The summed E-state index contributed by atoms with van der Waals surface area (Å²) in [7, 11) is 3.47. The number of thiazole rings is 1. The standard InChI is InChI=1S/C27H24N6O2S/c1-15-25(36-27(30-15)17-9-10-17)26(34)31-21-11-18-20(12-22(21)35-3)28-14-29-24(18)19-13-33(2)32-23(19)16-7-5-4-6-8-16/h4-8,11-14,17H,9-10H2,1-3H3,(H,31,34). The number of ether oxygens (including phenoxy) is 1. The lowest BCUT2D eigenvalue weighted by Crippen LogP contribution is -2.12. The van der Waals surface area contributed by atoms with Gasteiger partial charge in [0.1, 0.15) is 22.6 Å². The van der Waals surface area contributed by atoms with Crippen molar-refractivity contribution in [2.45, 2.75) is 25.7 Å². The number of fused-ring (bicyclic) bond motifs is 1. The molecule has 3 aromatic heterocycles. The molecule has 1 aliphatic rings. The molecule has 0 atom stereocenters. The highest BCUT2D eigenvalue weighted by atomic mass is 32.1. The van der Waals surface area contributed by atoms with E-state index < -0.39 is 0 Å². The molecule has 6 rings (SSSR count). The first-order valence-electron chi connectivity index (χ1n) is 11.7. The summed E-state index contributed by atoms with van der Waals surface area (Å²) in [5.41, 5.74) is 5.45. The molecule has 180 valence electrons. The van der Waals surface area contributed by atoms with Crippen LogP contribution in [0.2, 0.25) is 0 Å². The lowest BCUT2D eigenvalue weighted by Gasteiger charge is -2.13. The van der Waals surface area contributed by atoms with Crippen LogP contribution >= 0.6 is 11.3 Å². The van der Waals surface area contributed by atoms with E-state index in [1.54, 1.807) is 11.8 Å². The number of carbonyl (C=O) groups excluding carboxylic acids is 1. The number of aryl methyl sites for hydroxylation is 2. The third kappa shape index (κ3) is 4.01. The molecule has 0 bridgehead atoms. The second kappa shape index (κ2) is 8.83. The summed E-state index contributed by atoms with van der Waals surface area (Å²) < 4.78 is 7.39. The molecule has 1 saturated carbocycles. The summed E-state index contributed by atoms with van der Waals surface area (Å²) >= 11 is 1.48. The van der Waals surface area contributed by atoms with Crippen molar-refractivity contribution in [1.82, 2.24) is 24.7 Å². The van der Waals surface area contributed by atoms with Gasteiger partial charge in [0.25, 0.3) is 5.91 Å². The zero-order chi connectivity index (χ0) is 24.8. The highest BCUT2D eigenvalue weighted by molar-refractivity contribution is 7.14. The van der Waals surface area contributed by atoms with Gasteiger partial charge in [-0.3, -0.25) is 9.48 Å². The van der Waals surface area contributed by atoms with Crippen LogP contribution in [0, 0.1) is 6.92 Å². The lowest BCUT2D eigenvalue weighted by molar-refractivity contribution is 0.102. The first-order chi connectivity index (χ1) is 17.5. The van der Waals surface area contributed by atoms with Crippen molar-refractivity contribution in [2.24, 2.45) is 7.05 Å². The zero-order valence-electron chi connectivity index (χ0n) is 20.1. The molecule has 1 fully saturated rings. The molecule has 3 heterocycles. The van der Waals surface area contributed by atoms with E-state index >= 15 is 0 Å². The molecule has 1 aliphatic carbocycles. The summed E-state index contributed by atoms with van der Waals surface area (Å²) in [6, 6.07) is 13.7. The fourth-order valence-electron chi connectivity index (χ4n) is 4.35. The van der Waals surface area contributed by atoms with Gasteiger partial charge in [0.05, 0.1) is 34.7 Å². The summed E-state index contributed by atoms with van der Waals surface area (Å²) in [5.74, 6) is 0.835. The van der Waals surface area contributed by atoms with Crippen LogP contribution in [-0.2, 0) is 7.05 Å². The van der Waals surface area contributed by atoms with Crippen LogP contribution in [0.1, 0.15) is 39.1 Å². The Hall–Kier alpha value is -4.11. The van der Waals surface area contributed by atoms with Gasteiger partial charge < -0.3 is 10.1 Å². The van der Waals surface area contributed by atoms with Gasteiger partial charge in [-0.1, -0.05) is 30.3 Å². The highest BCUT2D eigenvalue weighted by Crippen LogP contribution is 2.43. The van der Waals surface area contributed by atoms with Crippen molar-refractivity contribution in [3.8, 4) is 28.3 Å². The maximum absolute atomic E-state index is 13.3. The van der Waals surface area contributed by atoms with Crippen molar-refractivity contribution in [2.75, 3.05) is 12.4 Å². The van der Waals surface area contributed by atoms with Gasteiger partial charge in [-0.25, -0.2) is 15.0 Å². The number of benzene rings is 2. The van der Waals surface area contributed by atoms with Crippen molar-refractivity contribution >= 4 is 33.8 Å². The van der Waals surface area contributed by atoms with Gasteiger partial charge in [0.15, 0.2) is 0 Å². The van der Waals surface area contributed by atoms with Gasteiger partial charge in [0.2, 0.25) is 0 Å². The molecule has 0 radical (unpaired) electrons. The van der Waals surface area contributed by atoms with Crippen LogP contribution in [0.25, 0.3) is 33.4 Å². The Kier molecular flexibility index (Phi) is 5.49. The number of anilines is 1. The topological polar surface area (TPSA) is 94.8 Å². The quantitative estimate of drug-likeness (QED) is 0.329. The molecule has 1 N–H and O–H groups in total. The molecule has 1 amide bonds. The first kappa shape index (κ1) is 22.4. The van der Waals surface area contributed by atoms with Crippen LogP contribution < -0.4 is 10.1 Å². The Labute approximate surface area is 212 Å². The molecule has 5 aromatic rings. The Morgan fingerprint density at radius 1 is 1.14 bits per heavy atom. The molecule has 0 saturated heterocycles. The van der Waals surface area contributed by atoms with Crippen LogP contribution in [-0.4, -0.2) is 37.7 Å². The predicted molar refractivity (Wildman–Crippen MR) is 141 cm³/mol. The Morgan fingerprint density at radius 3 is 2.69 bits per heavy atom. The lowest BCUT2D eigenvalue weighted by atomic mass is 10.0. The van der Waals surface area contributed by atoms with Crippen LogP contribution in [0.4, 0.5) is 5.69 Å². The number of aromatic nitrogens is 5. The molecule has 0 spiro atoms. The van der Waals surface area contributed by atoms with Gasteiger partial charge >= 0.3 is 0 Å². The summed E-state index contributed by atoms with van der Waals surface area (Å²) in [6.07, 6.45) is 5.78. The van der Waals surface area contributed by atoms with Crippen LogP contribution in [0.3, 0.4) is 0 Å². The number of methoxy groups -OCH3 is 1. The van der Waals surface area contributed by atoms with Gasteiger partial charge in [-0.05, 0) is 25.8 Å². The van der Waals surface area contributed by atoms with Crippen LogP contribution in [0.5, 0.6) is 5.75 Å². The minimum Gasteiger partial charge on any atom is -0.494 e. The van der Waals surface area contributed by atoms with Crippen molar-refractivity contribution in [3.05, 3.63) is 70.6 Å². The molecule has 2 aromatic carbocycles. The van der Waals surface area contributed by atoms with E-state index in [9.17, 15) is 4.79 Å². The van der Waals surface area contributed by atoms with Gasteiger partial charge in [-0.15, -0.1) is 11.3 Å². The summed E-state index contributed by atoms with van der Waals surface area (Å²) in [6.45, 7) is 1.88. The van der Waals surface area contributed by atoms with Crippen molar-refractivity contribution < 1.29 is 9.53 Å². The second-order valence-corrected chi connectivity index (χ2v) is 9.95. The predicted octanol–water partition coefficient (Wildman–Crippen LogP) is 5.60. The largest absolute Gasteiger partial charge is 0.494 e. The average molecular weight is 497 g/mol. The number of carbonyl (C=O) groups is 1. The van der Waals surface area contributed by atoms with E-state index in [2.05, 4.69) is 20.3 Å². The Bertz CT molecular complexity index is 1600. The number of hydrogen-bond acceptors (Lipinski definition) is 7. The minimum absolute atomic E-state index is 0.195. The van der Waals surface area contributed by atoms with Gasteiger partial charge in [-0.2, -0.15) is 5.10 Å². The maximum atomic E-state index is 13.3. The molecule has 0 unspecified atom stereocenters. The second-order valence-electron chi connectivity index (χ2n) is 8.92. The number of hydrogen-bond donors (Lipinski definition) is 1. The summed E-state index contributed by atoms with van der Waals surface area (Å²) in [4.78, 5) is 27.6. The number of rotatable bonds is 6. The normalized spacial score (nSPS) is 13.2. The fraction of sp³-hybridized carbons (Fsp3) is 0.222. The highest BCUT2D eigenvalue weighted by Gasteiger charge is 2.29. The van der Waals surface area contributed by atoms with E-state index in [1.165, 1.54) is 17.7 Å². The van der Waals surface area contributed by atoms with Crippen molar-refractivity contribution in [3.63, 3.8) is 0 Å². The molecule has 8 nitrogen and oxygen atoms in total. The molecule has 9 heteroatoms. The zero-order valence-corrected chi connectivity index (χ0v) is 21.0. The fourth-order valence-corrected chi connectivity index (χ4v) is 5.48. The van der Waals surface area contributed by atoms with E-state index in [0.717, 1.165) is 51.4 Å². The molecule has 36 heavy (non-hydrogen) atoms. The van der Waals surface area contributed by atoms with E-state index in [1.807, 2.05) is 62.6 Å². The van der Waals surface area contributed by atoms with E-state index in [4.69, 9.17) is 9.84 Å². The third-order valence-electron chi connectivity index (χ3n) is 6.28. The Morgan fingerprint density at radius 2 is 1.94 bits per heavy atom. The average Bonchev–Trinajstić information content (AvgIpc) is 3.56. The monoisotopic (exact) mass is 496 g/mol. The number of nitrogens with one attached hydrogen (secondary N) is 1. The van der Waals surface area contributed by atoms with E-state index in [-0.39, 0.29) is 5.91 Å². The Balaban J connectivity index is 1.44. The SMILES string of the molecule is COc1cc2ncnc(-c3cn(C)nc3-c3ccccc3)c2cc1NC(=O)c1sc(C2CC2)nc1C. The van der Waals surface area contributed by atoms with E-state index in [0.29, 0.717) is 27.7 Å². The molecular weight excluding hydrogens is 472 g/mol.